The van der Waals surface area contributed by atoms with Gasteiger partial charge in [0.1, 0.15) is 6.61 Å². The molecule has 3 aliphatic carbocycles. The van der Waals surface area contributed by atoms with Gasteiger partial charge in [0, 0.05) is 142 Å². The second-order valence-electron chi connectivity index (χ2n) is 28.9. The van der Waals surface area contributed by atoms with E-state index in [2.05, 4.69) is 25.9 Å². The molecular weight excluding hydrogens is 1520 g/mol. The number of amides is 9. The molecule has 2 bridgehead atoms. The molecule has 0 spiro atoms. The number of benzene rings is 3. The number of aromatic nitrogens is 2. The summed E-state index contributed by atoms with van der Waals surface area (Å²) in [6, 6.07) is 8.41. The lowest BCUT2D eigenvalue weighted by Crippen LogP contribution is -2.73. The van der Waals surface area contributed by atoms with E-state index in [1.807, 2.05) is 20.0 Å². The van der Waals surface area contributed by atoms with Gasteiger partial charge in [0.05, 0.1) is 125 Å². The molecule has 11 rings (SSSR count). The fourth-order valence-electron chi connectivity index (χ4n) is 14.9. The van der Waals surface area contributed by atoms with E-state index in [-0.39, 0.29) is 167 Å². The Morgan fingerprint density at radius 3 is 1.69 bits per heavy atom. The van der Waals surface area contributed by atoms with Crippen LogP contribution in [0.5, 0.6) is 11.5 Å². The molecule has 6 aliphatic rings. The number of nitrogens with zero attached hydrogens (tertiary/aromatic N) is 5. The third kappa shape index (κ3) is 20.9. The van der Waals surface area contributed by atoms with E-state index in [0.29, 0.717) is 118 Å². The second-order valence-corrected chi connectivity index (χ2v) is 31.0. The van der Waals surface area contributed by atoms with Crippen molar-refractivity contribution in [2.75, 3.05) is 160 Å². The van der Waals surface area contributed by atoms with Crippen molar-refractivity contribution < 1.29 is 99.9 Å². The molecule has 604 valence electrons. The number of rotatable bonds is 44. The first-order valence-electron chi connectivity index (χ1n) is 36.9. The Hall–Kier alpha value is -8.31. The molecule has 3 aromatic carbocycles. The molecule has 2 aromatic heterocycles. The molecule has 9 N–H and O–H groups in total. The third-order valence-electron chi connectivity index (χ3n) is 20.5. The molecule has 9 amide bonds. The van der Waals surface area contributed by atoms with Gasteiger partial charge in [0.25, 0.3) is 17.0 Å². The summed E-state index contributed by atoms with van der Waals surface area (Å²) >= 11 is 18.9. The highest BCUT2D eigenvalue weighted by Crippen LogP contribution is 2.75. The minimum atomic E-state index is -4.99. The summed E-state index contributed by atoms with van der Waals surface area (Å²) in [5, 5.41) is 9.84. The summed E-state index contributed by atoms with van der Waals surface area (Å²) in [4.78, 5) is 153. The number of phosphoric acid groups is 1. The van der Waals surface area contributed by atoms with Crippen LogP contribution in [-0.2, 0) is 77.9 Å². The van der Waals surface area contributed by atoms with Crippen molar-refractivity contribution in [1.82, 2.24) is 35.3 Å². The van der Waals surface area contributed by atoms with Crippen molar-refractivity contribution in [3.05, 3.63) is 88.8 Å². The molecule has 0 saturated heterocycles. The van der Waals surface area contributed by atoms with Crippen LogP contribution in [0.4, 0.5) is 26.7 Å². The van der Waals surface area contributed by atoms with Crippen molar-refractivity contribution in [2.45, 2.75) is 97.1 Å². The van der Waals surface area contributed by atoms with Crippen LogP contribution < -0.4 is 40.7 Å². The zero-order chi connectivity index (χ0) is 79.9. The predicted octanol–water partition coefficient (Wildman–Crippen LogP) is 7.33. The SMILES string of the molecule is Cc1c[nH]c2c(OC(=O)N(C)CCN(C)C(=S)OCc3ccc(NC(=O)C(CCCNC(N)=O)CC(=O)C(NC(=O)CCOCCOCCOCCOCCOCCOCCN4C(=O)C=CC4=O)C(C)C)cc3)cc3c(c12)C(CCl)CN3C(=O)C12CC(C(=O)N3CC(CCl)c4c3cc(OP(=O)(O)O)c3[nH]cc(C)c43)(C1)C2. The lowest BCUT2D eigenvalue weighted by molar-refractivity contribution is -0.205. The molecule has 0 radical (unpaired) electrons. The number of thiocarbonyl (C=S) groups is 1. The van der Waals surface area contributed by atoms with E-state index in [9.17, 15) is 57.5 Å². The number of ether oxygens (including phenoxy) is 8. The van der Waals surface area contributed by atoms with E-state index < -0.39 is 54.6 Å². The van der Waals surface area contributed by atoms with Crippen LogP contribution in [0, 0.1) is 36.5 Å². The fourth-order valence-corrected chi connectivity index (χ4v) is 15.9. The Morgan fingerprint density at radius 1 is 0.712 bits per heavy atom. The molecule has 4 atom stereocenters. The normalized spacial score (nSPS) is 18.7. The lowest BCUT2D eigenvalue weighted by atomic mass is 9.34. The first-order chi connectivity index (χ1) is 53.1. The average Bonchev–Trinajstić information content (AvgIpc) is 1.58. The van der Waals surface area contributed by atoms with Gasteiger partial charge in [-0.05, 0) is 104 Å². The highest BCUT2D eigenvalue weighted by Gasteiger charge is 2.76. The third-order valence-corrected chi connectivity index (χ3v) is 22.2. The number of phosphoric ester groups is 1. The fraction of sp³-hybridized carbons (Fsp3) is 0.547. The zero-order valence-electron chi connectivity index (χ0n) is 63.0. The van der Waals surface area contributed by atoms with Crippen LogP contribution in [0.3, 0.4) is 0 Å². The molecule has 3 saturated carbocycles. The van der Waals surface area contributed by atoms with Gasteiger partial charge >= 0.3 is 19.9 Å². The molecule has 36 heteroatoms. The molecule has 32 nitrogen and oxygen atoms in total. The number of fused-ring (bicyclic) bond motifs is 6. The maximum absolute atomic E-state index is 15.0. The number of imide groups is 1. The maximum Gasteiger partial charge on any atom is 0.524 e. The quantitative estimate of drug-likeness (QED) is 0.00622. The number of anilines is 3. The Kier molecular flexibility index (Phi) is 29.5. The van der Waals surface area contributed by atoms with Gasteiger partial charge in [-0.3, -0.25) is 48.2 Å². The van der Waals surface area contributed by atoms with Gasteiger partial charge in [0.2, 0.25) is 23.6 Å². The van der Waals surface area contributed by atoms with E-state index in [0.717, 1.165) is 32.5 Å². The number of ketones is 1. The van der Waals surface area contributed by atoms with Crippen molar-refractivity contribution in [2.24, 2.45) is 28.4 Å². The lowest BCUT2D eigenvalue weighted by Gasteiger charge is -2.69. The minimum absolute atomic E-state index is 0.0201. The van der Waals surface area contributed by atoms with Crippen LogP contribution in [0.25, 0.3) is 21.8 Å². The summed E-state index contributed by atoms with van der Waals surface area (Å²) in [5.74, 6) is -3.42. The van der Waals surface area contributed by atoms with Gasteiger partial charge in [0.15, 0.2) is 17.3 Å². The highest BCUT2D eigenvalue weighted by atomic mass is 35.5. The standard InChI is InChI=1S/C75H98Cl2N11O21PS/c1-45(2)65(83-58(90)15-20-101-22-24-103-26-28-105-30-31-106-29-27-104-25-23-102-21-19-86-59(91)13-14-60(86)92)55(89)32-49(8-7-16-79-71(78)96)68(93)82-52-11-9-48(10-12-52)41-107-73(111)85(6)18-17-84(5)72(97)108-56-33-53-63(61-46(3)37-80-66(56)61)50(35-76)39-87(53)69(94)74-42-75(43-74,44-74)70(95)88-40-51(36-77)64-54(88)34-57(109-110(98,99)100)67-62(64)47(4)38-81-67/h9-14,33-34,37-38,45,49-51,65,80-81H,7-8,15-32,35-36,39-44H2,1-6H3,(H,82,93)(H,83,90)(H3,78,79,96)(H2,98,99,100). The average molecular weight is 1620 g/mol. The molecule has 3 aliphatic heterocycles. The Bertz CT molecular complexity index is 4290. The number of carbonyl (C=O) groups excluding carboxylic acids is 9. The van der Waals surface area contributed by atoms with Crippen molar-refractivity contribution >= 4 is 141 Å². The van der Waals surface area contributed by atoms with Crippen molar-refractivity contribution in [3.63, 3.8) is 0 Å². The van der Waals surface area contributed by atoms with Gasteiger partial charge in [-0.25, -0.2) is 14.2 Å². The van der Waals surface area contributed by atoms with E-state index in [4.69, 9.17) is 83.6 Å². The maximum atomic E-state index is 15.0. The van der Waals surface area contributed by atoms with Crippen LogP contribution in [0.2, 0.25) is 0 Å². The number of nitrogens with one attached hydrogen (secondary N) is 5. The van der Waals surface area contributed by atoms with Crippen LogP contribution in [0.15, 0.2) is 60.9 Å². The molecule has 111 heavy (non-hydrogen) atoms. The van der Waals surface area contributed by atoms with Crippen LogP contribution in [-0.4, -0.2) is 243 Å². The monoisotopic (exact) mass is 1620 g/mol. The topological polar surface area (TPSA) is 404 Å². The number of primary amides is 1. The molecular formula is C75H98Cl2N11O21PS. The van der Waals surface area contributed by atoms with Gasteiger partial charge in [-0.2, -0.15) is 0 Å². The smallest absolute Gasteiger partial charge is 0.466 e. The Labute approximate surface area is 657 Å². The Morgan fingerprint density at radius 2 is 1.20 bits per heavy atom. The van der Waals surface area contributed by atoms with Crippen molar-refractivity contribution in [1.29, 1.82) is 0 Å². The number of urea groups is 1. The first-order valence-corrected chi connectivity index (χ1v) is 39.9. The number of likely N-dealkylation sites (N-methyl/N-ethyl adjacent to an activating group) is 2. The van der Waals surface area contributed by atoms with Gasteiger partial charge in [-0.15, -0.1) is 23.2 Å². The predicted molar refractivity (Wildman–Crippen MR) is 415 cm³/mol. The number of nitrogens with two attached hydrogens (primary N) is 1. The van der Waals surface area contributed by atoms with E-state index in [1.165, 1.54) is 23.1 Å². The second kappa shape index (κ2) is 38.5. The zero-order valence-corrected chi connectivity index (χ0v) is 66.3. The van der Waals surface area contributed by atoms with E-state index in [1.54, 1.807) is 79.2 Å². The number of carbonyl (C=O) groups is 9. The summed E-state index contributed by atoms with van der Waals surface area (Å²) < 4.78 is 62.4. The molecule has 4 unspecified atom stereocenters. The molecule has 3 fully saturated rings. The molecule has 5 heterocycles. The first kappa shape index (κ1) is 85.1. The van der Waals surface area contributed by atoms with Crippen LogP contribution in [0.1, 0.15) is 98.4 Å². The minimum Gasteiger partial charge on any atom is -0.466 e. The highest BCUT2D eigenvalue weighted by molar-refractivity contribution is 7.80. The number of aromatic amines is 2. The number of aryl methyl sites for hydroxylation is 2. The number of H-pyrrole nitrogens is 2. The number of hydrogen-bond acceptors (Lipinski definition) is 20. The number of hydrogen-bond donors (Lipinski definition) is 8. The molecule has 5 aromatic rings. The van der Waals surface area contributed by atoms with Crippen molar-refractivity contribution in [3.8, 4) is 11.5 Å². The largest absolute Gasteiger partial charge is 0.524 e. The van der Waals surface area contributed by atoms with Crippen LogP contribution >= 0.6 is 43.2 Å². The summed E-state index contributed by atoms with van der Waals surface area (Å²) in [7, 11) is -1.69. The summed E-state index contributed by atoms with van der Waals surface area (Å²) in [6.07, 6.45) is 6.50. The summed E-state index contributed by atoms with van der Waals surface area (Å²) in [5.41, 5.74) is 10.0. The van der Waals surface area contributed by atoms with Gasteiger partial charge in [-0.1, -0.05) is 26.0 Å². The summed E-state index contributed by atoms with van der Waals surface area (Å²) in [6.45, 7) is 12.3. The Balaban J connectivity index is 0.631. The number of Topliss-reactive ketones (excluding diaryl/α,β-unsaturated/α-hetero) is 1. The number of alkyl halides is 2. The van der Waals surface area contributed by atoms with E-state index >= 15 is 0 Å². The number of halogens is 2. The van der Waals surface area contributed by atoms with Gasteiger partial charge < -0.3 is 93.7 Å².